The minimum Gasteiger partial charge on any atom is -0.487 e. The summed E-state index contributed by atoms with van der Waals surface area (Å²) >= 11 is 0. The van der Waals surface area contributed by atoms with Crippen molar-refractivity contribution < 1.29 is 23.1 Å². The Bertz CT molecular complexity index is 1250. The number of aryl methyl sites for hydroxylation is 2. The standard InChI is InChI=1S/C21H22N4O5S/c1-13-5-6-15(9-14(13)10-22)23-20(26)18-19-17(11-25(18)4)31(28,29)24-16(12-30-19)7-8-21(2,3)27/h5-6,9,11,16,24,27H,12H2,1-4H3,(H,23,26). The molecule has 2 heterocycles. The van der Waals surface area contributed by atoms with Crippen molar-refractivity contribution in [3.63, 3.8) is 0 Å². The molecular formula is C21H22N4O5S. The van der Waals surface area contributed by atoms with Crippen LogP contribution < -0.4 is 14.8 Å². The van der Waals surface area contributed by atoms with Gasteiger partial charge in [0.2, 0.25) is 10.0 Å². The van der Waals surface area contributed by atoms with Crippen LogP contribution in [0.25, 0.3) is 0 Å². The van der Waals surface area contributed by atoms with Gasteiger partial charge in [0.25, 0.3) is 5.91 Å². The molecule has 0 aliphatic carbocycles. The maximum absolute atomic E-state index is 12.9. The Labute approximate surface area is 180 Å². The lowest BCUT2D eigenvalue weighted by molar-refractivity contribution is 0.101. The molecule has 31 heavy (non-hydrogen) atoms. The molecule has 162 valence electrons. The van der Waals surface area contributed by atoms with Crippen molar-refractivity contribution in [1.82, 2.24) is 9.29 Å². The number of anilines is 1. The zero-order chi connectivity index (χ0) is 23.0. The molecule has 0 fully saturated rings. The summed E-state index contributed by atoms with van der Waals surface area (Å²) in [5.41, 5.74) is 0.293. The Morgan fingerprint density at radius 2 is 2.13 bits per heavy atom. The van der Waals surface area contributed by atoms with Crippen LogP contribution in [-0.4, -0.2) is 42.2 Å². The number of nitrogens with one attached hydrogen (secondary N) is 2. The maximum Gasteiger partial charge on any atom is 0.276 e. The van der Waals surface area contributed by atoms with E-state index < -0.39 is 27.6 Å². The van der Waals surface area contributed by atoms with Crippen LogP contribution in [0.5, 0.6) is 5.75 Å². The van der Waals surface area contributed by atoms with E-state index in [2.05, 4.69) is 27.9 Å². The van der Waals surface area contributed by atoms with E-state index in [0.29, 0.717) is 11.3 Å². The minimum atomic E-state index is -4.02. The molecule has 0 spiro atoms. The van der Waals surface area contributed by atoms with Crippen molar-refractivity contribution in [3.05, 3.63) is 41.2 Å². The summed E-state index contributed by atoms with van der Waals surface area (Å²) in [6, 6.07) is 6.04. The molecular weight excluding hydrogens is 420 g/mol. The number of aromatic nitrogens is 1. The van der Waals surface area contributed by atoms with E-state index in [1.165, 1.54) is 37.7 Å². The van der Waals surface area contributed by atoms with Gasteiger partial charge in [0.1, 0.15) is 23.1 Å². The summed E-state index contributed by atoms with van der Waals surface area (Å²) in [7, 11) is -2.49. The SMILES string of the molecule is Cc1ccc(NC(=O)c2c3c(cn2C)S(=O)(=O)NC(C#CC(C)(C)O)CO3)cc1C#N. The fourth-order valence-corrected chi connectivity index (χ4v) is 4.29. The number of hydrogen-bond acceptors (Lipinski definition) is 6. The Hall–Kier alpha value is -3.31. The van der Waals surface area contributed by atoms with Crippen LogP contribution in [0.2, 0.25) is 0 Å². The first-order chi connectivity index (χ1) is 14.4. The molecule has 1 aliphatic rings. The summed E-state index contributed by atoms with van der Waals surface area (Å²) in [6.07, 6.45) is 1.29. The number of carbonyl (C=O) groups is 1. The third-order valence-electron chi connectivity index (χ3n) is 4.47. The highest BCUT2D eigenvalue weighted by Crippen LogP contribution is 2.32. The van der Waals surface area contributed by atoms with Crippen LogP contribution in [0.4, 0.5) is 5.69 Å². The van der Waals surface area contributed by atoms with E-state index in [-0.39, 0.29) is 22.9 Å². The van der Waals surface area contributed by atoms with Crippen molar-refractivity contribution in [2.75, 3.05) is 11.9 Å². The predicted octanol–water partition coefficient (Wildman–Crippen LogP) is 1.27. The second-order valence-corrected chi connectivity index (χ2v) is 9.37. The minimum absolute atomic E-state index is 0.00977. The summed E-state index contributed by atoms with van der Waals surface area (Å²) in [5.74, 6) is 4.53. The lowest BCUT2D eigenvalue weighted by Crippen LogP contribution is -2.36. The summed E-state index contributed by atoms with van der Waals surface area (Å²) < 4.78 is 35.0. The molecule has 9 nitrogen and oxygen atoms in total. The Balaban J connectivity index is 1.94. The smallest absolute Gasteiger partial charge is 0.276 e. The molecule has 1 aromatic heterocycles. The first kappa shape index (κ1) is 22.4. The predicted molar refractivity (Wildman–Crippen MR) is 113 cm³/mol. The number of fused-ring (bicyclic) bond motifs is 1. The fraction of sp³-hybridized carbons (Fsp3) is 0.333. The molecule has 1 aliphatic heterocycles. The largest absolute Gasteiger partial charge is 0.487 e. The third-order valence-corrected chi connectivity index (χ3v) is 5.93. The Morgan fingerprint density at radius 1 is 1.42 bits per heavy atom. The van der Waals surface area contributed by atoms with Crippen LogP contribution >= 0.6 is 0 Å². The third kappa shape index (κ3) is 4.89. The van der Waals surface area contributed by atoms with Gasteiger partial charge in [-0.3, -0.25) is 4.79 Å². The highest BCUT2D eigenvalue weighted by atomic mass is 32.2. The number of aliphatic hydroxyl groups is 1. The van der Waals surface area contributed by atoms with Crippen molar-refractivity contribution >= 4 is 21.6 Å². The zero-order valence-electron chi connectivity index (χ0n) is 17.5. The molecule has 3 N–H and O–H groups in total. The number of nitriles is 1. The number of carbonyl (C=O) groups excluding carboxylic acids is 1. The van der Waals surface area contributed by atoms with Crippen LogP contribution in [0.15, 0.2) is 29.3 Å². The molecule has 0 saturated carbocycles. The van der Waals surface area contributed by atoms with Gasteiger partial charge < -0.3 is 19.7 Å². The highest BCUT2D eigenvalue weighted by Gasteiger charge is 2.34. The first-order valence-electron chi connectivity index (χ1n) is 9.33. The molecule has 10 heteroatoms. The second-order valence-electron chi connectivity index (χ2n) is 7.69. The van der Waals surface area contributed by atoms with Crippen LogP contribution in [0.1, 0.15) is 35.5 Å². The summed E-state index contributed by atoms with van der Waals surface area (Å²) in [6.45, 7) is 4.59. The molecule has 1 atom stereocenters. The number of sulfonamides is 1. The molecule has 1 unspecified atom stereocenters. The fourth-order valence-electron chi connectivity index (χ4n) is 2.97. The van der Waals surface area contributed by atoms with Gasteiger partial charge in [0.15, 0.2) is 11.4 Å². The van der Waals surface area contributed by atoms with E-state index in [0.717, 1.165) is 5.56 Å². The van der Waals surface area contributed by atoms with Gasteiger partial charge in [-0.1, -0.05) is 17.9 Å². The van der Waals surface area contributed by atoms with E-state index in [1.54, 1.807) is 19.1 Å². The van der Waals surface area contributed by atoms with Gasteiger partial charge in [-0.05, 0) is 38.5 Å². The van der Waals surface area contributed by atoms with Crippen LogP contribution in [0, 0.1) is 30.1 Å². The van der Waals surface area contributed by atoms with E-state index >= 15 is 0 Å². The Kier molecular flexibility index (Phi) is 5.83. The van der Waals surface area contributed by atoms with Gasteiger partial charge >= 0.3 is 0 Å². The average molecular weight is 442 g/mol. The molecule has 3 rings (SSSR count). The monoisotopic (exact) mass is 442 g/mol. The van der Waals surface area contributed by atoms with Gasteiger partial charge in [0, 0.05) is 18.9 Å². The quantitative estimate of drug-likeness (QED) is 0.600. The number of nitrogens with zero attached hydrogens (tertiary/aromatic N) is 2. The number of hydrogen-bond donors (Lipinski definition) is 3. The Morgan fingerprint density at radius 3 is 2.77 bits per heavy atom. The number of ether oxygens (including phenoxy) is 1. The average Bonchev–Trinajstić information content (AvgIpc) is 2.96. The van der Waals surface area contributed by atoms with Gasteiger partial charge in [-0.25, -0.2) is 8.42 Å². The van der Waals surface area contributed by atoms with Crippen molar-refractivity contribution in [2.45, 2.75) is 37.3 Å². The normalized spacial score (nSPS) is 17.2. The van der Waals surface area contributed by atoms with Crippen LogP contribution in [0.3, 0.4) is 0 Å². The number of rotatable bonds is 2. The maximum atomic E-state index is 12.9. The summed E-state index contributed by atoms with van der Waals surface area (Å²) in [4.78, 5) is 12.8. The van der Waals surface area contributed by atoms with Gasteiger partial charge in [-0.2, -0.15) is 9.98 Å². The highest BCUT2D eigenvalue weighted by molar-refractivity contribution is 7.89. The zero-order valence-corrected chi connectivity index (χ0v) is 18.3. The van der Waals surface area contributed by atoms with Crippen molar-refractivity contribution in [2.24, 2.45) is 7.05 Å². The van der Waals surface area contributed by atoms with Crippen molar-refractivity contribution in [1.29, 1.82) is 5.26 Å². The van der Waals surface area contributed by atoms with Crippen LogP contribution in [-0.2, 0) is 17.1 Å². The molecule has 0 radical (unpaired) electrons. The molecule has 1 amide bonds. The van der Waals surface area contributed by atoms with E-state index in [9.17, 15) is 23.6 Å². The molecule has 0 bridgehead atoms. The van der Waals surface area contributed by atoms with Gasteiger partial charge in [0.05, 0.1) is 11.6 Å². The molecule has 2 aromatic rings. The number of amides is 1. The lowest BCUT2D eigenvalue weighted by Gasteiger charge is -2.12. The number of benzene rings is 1. The van der Waals surface area contributed by atoms with Crippen molar-refractivity contribution in [3.8, 4) is 23.7 Å². The first-order valence-corrected chi connectivity index (χ1v) is 10.8. The van der Waals surface area contributed by atoms with Gasteiger partial charge in [-0.15, -0.1) is 0 Å². The lowest BCUT2D eigenvalue weighted by atomic mass is 10.1. The van der Waals surface area contributed by atoms with E-state index in [4.69, 9.17) is 4.74 Å². The second kappa shape index (κ2) is 8.08. The topological polar surface area (TPSA) is 133 Å². The summed E-state index contributed by atoms with van der Waals surface area (Å²) in [5, 5.41) is 21.6. The molecule has 0 saturated heterocycles. The van der Waals surface area contributed by atoms with E-state index in [1.807, 2.05) is 0 Å². The molecule has 1 aromatic carbocycles.